The number of ether oxygens (including phenoxy) is 2. The Bertz CT molecular complexity index is 863. The van der Waals surface area contributed by atoms with Crippen LogP contribution >= 0.6 is 0 Å². The zero-order valence-corrected chi connectivity index (χ0v) is 17.6. The molecule has 0 aliphatic carbocycles. The molecule has 0 saturated carbocycles. The second-order valence-electron chi connectivity index (χ2n) is 8.87. The molecule has 0 radical (unpaired) electrons. The van der Waals surface area contributed by atoms with E-state index in [1.165, 1.54) is 11.1 Å². The van der Waals surface area contributed by atoms with E-state index < -0.39 is 0 Å². The fourth-order valence-electron chi connectivity index (χ4n) is 3.85. The third-order valence-electron chi connectivity index (χ3n) is 5.67. The van der Waals surface area contributed by atoms with Gasteiger partial charge in [-0.05, 0) is 40.8 Å². The minimum atomic E-state index is 0.0983. The lowest BCUT2D eigenvalue weighted by atomic mass is 9.86. The number of hydrogen-bond acceptors (Lipinski definition) is 4. The molecule has 0 bridgehead atoms. The van der Waals surface area contributed by atoms with Crippen molar-refractivity contribution in [3.05, 3.63) is 59.2 Å². The Labute approximate surface area is 173 Å². The van der Waals surface area contributed by atoms with Crippen molar-refractivity contribution in [2.45, 2.75) is 32.7 Å². The van der Waals surface area contributed by atoms with Crippen LogP contribution in [0.4, 0.5) is 0 Å². The van der Waals surface area contributed by atoms with Crippen molar-refractivity contribution in [2.75, 3.05) is 39.4 Å². The highest BCUT2D eigenvalue weighted by molar-refractivity contribution is 5.94. The first-order chi connectivity index (χ1) is 13.9. The van der Waals surface area contributed by atoms with E-state index in [1.54, 1.807) is 0 Å². The molecule has 1 amide bonds. The molecule has 0 N–H and O–H groups in total. The molecule has 0 spiro atoms. The number of carbonyl (C=O) groups is 1. The molecule has 1 fully saturated rings. The van der Waals surface area contributed by atoms with Gasteiger partial charge >= 0.3 is 0 Å². The monoisotopic (exact) mass is 394 g/mol. The molecule has 5 heteroatoms. The van der Waals surface area contributed by atoms with Gasteiger partial charge in [-0.2, -0.15) is 0 Å². The predicted octanol–water partition coefficient (Wildman–Crippen LogP) is 3.71. The SMILES string of the molecule is CC(C)(C)c1ccc(C(=O)N2CCN(Cc3ccc4c(c3)OCCO4)CC2)cc1. The molecule has 1 saturated heterocycles. The van der Waals surface area contributed by atoms with Gasteiger partial charge in [0.05, 0.1) is 0 Å². The van der Waals surface area contributed by atoms with E-state index in [0.29, 0.717) is 13.2 Å². The van der Waals surface area contributed by atoms with Crippen molar-refractivity contribution in [3.63, 3.8) is 0 Å². The third-order valence-corrected chi connectivity index (χ3v) is 5.67. The minimum absolute atomic E-state index is 0.0983. The molecule has 154 valence electrons. The number of piperazine rings is 1. The lowest BCUT2D eigenvalue weighted by Crippen LogP contribution is -2.48. The smallest absolute Gasteiger partial charge is 0.253 e. The van der Waals surface area contributed by atoms with Crippen LogP contribution in [0.1, 0.15) is 42.3 Å². The summed E-state index contributed by atoms with van der Waals surface area (Å²) in [5.74, 6) is 1.79. The van der Waals surface area contributed by atoms with E-state index in [2.05, 4.69) is 49.9 Å². The van der Waals surface area contributed by atoms with Crippen LogP contribution in [0.5, 0.6) is 11.5 Å². The zero-order chi connectivity index (χ0) is 20.4. The normalized spacial score (nSPS) is 17.3. The van der Waals surface area contributed by atoms with E-state index in [1.807, 2.05) is 23.1 Å². The summed E-state index contributed by atoms with van der Waals surface area (Å²) in [6.07, 6.45) is 0. The largest absolute Gasteiger partial charge is 0.486 e. The zero-order valence-electron chi connectivity index (χ0n) is 17.6. The average molecular weight is 395 g/mol. The average Bonchev–Trinajstić information content (AvgIpc) is 2.73. The highest BCUT2D eigenvalue weighted by Gasteiger charge is 2.23. The summed E-state index contributed by atoms with van der Waals surface area (Å²) in [6, 6.07) is 14.2. The Balaban J connectivity index is 1.32. The summed E-state index contributed by atoms with van der Waals surface area (Å²) in [4.78, 5) is 17.2. The lowest BCUT2D eigenvalue weighted by Gasteiger charge is -2.35. The molecule has 2 heterocycles. The van der Waals surface area contributed by atoms with Crippen LogP contribution in [-0.4, -0.2) is 55.1 Å². The van der Waals surface area contributed by atoms with E-state index in [0.717, 1.165) is 49.8 Å². The summed E-state index contributed by atoms with van der Waals surface area (Å²) in [6.45, 7) is 11.9. The summed E-state index contributed by atoms with van der Waals surface area (Å²) in [7, 11) is 0. The summed E-state index contributed by atoms with van der Waals surface area (Å²) >= 11 is 0. The second-order valence-corrected chi connectivity index (χ2v) is 8.87. The summed E-state index contributed by atoms with van der Waals surface area (Å²) in [5, 5.41) is 0. The van der Waals surface area contributed by atoms with Gasteiger partial charge in [-0.3, -0.25) is 9.69 Å². The van der Waals surface area contributed by atoms with Crippen molar-refractivity contribution >= 4 is 5.91 Å². The highest BCUT2D eigenvalue weighted by Crippen LogP contribution is 2.31. The molecular formula is C24H30N2O3. The number of carbonyl (C=O) groups excluding carboxylic acids is 1. The number of amides is 1. The first kappa shape index (κ1) is 19.8. The summed E-state index contributed by atoms with van der Waals surface area (Å²) in [5.41, 5.74) is 3.34. The number of fused-ring (bicyclic) bond motifs is 1. The Kier molecular flexibility index (Phi) is 5.50. The Morgan fingerprint density at radius 2 is 1.55 bits per heavy atom. The van der Waals surface area contributed by atoms with E-state index in [-0.39, 0.29) is 11.3 Å². The van der Waals surface area contributed by atoms with Crippen LogP contribution in [0.3, 0.4) is 0 Å². The van der Waals surface area contributed by atoms with Gasteiger partial charge < -0.3 is 14.4 Å². The molecule has 0 atom stereocenters. The van der Waals surface area contributed by atoms with Crippen molar-refractivity contribution in [1.29, 1.82) is 0 Å². The van der Waals surface area contributed by atoms with Crippen LogP contribution in [0.15, 0.2) is 42.5 Å². The molecule has 0 unspecified atom stereocenters. The fraction of sp³-hybridized carbons (Fsp3) is 0.458. The highest BCUT2D eigenvalue weighted by atomic mass is 16.6. The van der Waals surface area contributed by atoms with Gasteiger partial charge in [0.25, 0.3) is 5.91 Å². The van der Waals surface area contributed by atoms with E-state index >= 15 is 0 Å². The van der Waals surface area contributed by atoms with Crippen LogP contribution in [-0.2, 0) is 12.0 Å². The first-order valence-electron chi connectivity index (χ1n) is 10.4. The standard InChI is InChI=1S/C24H30N2O3/c1-24(2,3)20-7-5-19(6-8-20)23(27)26-12-10-25(11-13-26)17-18-4-9-21-22(16-18)29-15-14-28-21/h4-9,16H,10-15,17H2,1-3H3. The van der Waals surface area contributed by atoms with Gasteiger partial charge in [-0.25, -0.2) is 0 Å². The molecule has 5 nitrogen and oxygen atoms in total. The molecule has 2 aliphatic heterocycles. The minimum Gasteiger partial charge on any atom is -0.486 e. The van der Waals surface area contributed by atoms with Crippen LogP contribution in [0.25, 0.3) is 0 Å². The maximum absolute atomic E-state index is 12.9. The van der Waals surface area contributed by atoms with Gasteiger partial charge in [0.15, 0.2) is 11.5 Å². The van der Waals surface area contributed by atoms with Gasteiger partial charge in [-0.1, -0.05) is 39.0 Å². The quantitative estimate of drug-likeness (QED) is 0.796. The second kappa shape index (κ2) is 8.07. The van der Waals surface area contributed by atoms with E-state index in [4.69, 9.17) is 9.47 Å². The van der Waals surface area contributed by atoms with Crippen molar-refractivity contribution < 1.29 is 14.3 Å². The molecule has 2 aromatic rings. The van der Waals surface area contributed by atoms with Gasteiger partial charge in [0.1, 0.15) is 13.2 Å². The predicted molar refractivity (Wildman–Crippen MR) is 114 cm³/mol. The fourth-order valence-corrected chi connectivity index (χ4v) is 3.85. The van der Waals surface area contributed by atoms with Crippen molar-refractivity contribution in [3.8, 4) is 11.5 Å². The third kappa shape index (κ3) is 4.56. The maximum Gasteiger partial charge on any atom is 0.253 e. The molecule has 0 aromatic heterocycles. The molecule has 2 aromatic carbocycles. The molecule has 2 aliphatic rings. The number of hydrogen-bond donors (Lipinski definition) is 0. The van der Waals surface area contributed by atoms with Crippen LogP contribution < -0.4 is 9.47 Å². The molecule has 29 heavy (non-hydrogen) atoms. The number of nitrogens with zero attached hydrogens (tertiary/aromatic N) is 2. The number of rotatable bonds is 3. The maximum atomic E-state index is 12.9. The van der Waals surface area contributed by atoms with Crippen molar-refractivity contribution in [1.82, 2.24) is 9.80 Å². The Morgan fingerprint density at radius 1 is 0.897 bits per heavy atom. The van der Waals surface area contributed by atoms with E-state index in [9.17, 15) is 4.79 Å². The van der Waals surface area contributed by atoms with Crippen molar-refractivity contribution in [2.24, 2.45) is 0 Å². The van der Waals surface area contributed by atoms with Gasteiger partial charge in [0, 0.05) is 38.3 Å². The Hall–Kier alpha value is -2.53. The van der Waals surface area contributed by atoms with Crippen LogP contribution in [0.2, 0.25) is 0 Å². The first-order valence-corrected chi connectivity index (χ1v) is 10.4. The van der Waals surface area contributed by atoms with Gasteiger partial charge in [-0.15, -0.1) is 0 Å². The Morgan fingerprint density at radius 3 is 2.21 bits per heavy atom. The molecule has 4 rings (SSSR count). The lowest BCUT2D eigenvalue weighted by molar-refractivity contribution is 0.0628. The van der Waals surface area contributed by atoms with Gasteiger partial charge in [0.2, 0.25) is 0 Å². The molecular weight excluding hydrogens is 364 g/mol. The van der Waals surface area contributed by atoms with Crippen LogP contribution in [0, 0.1) is 0 Å². The summed E-state index contributed by atoms with van der Waals surface area (Å²) < 4.78 is 11.3. The topological polar surface area (TPSA) is 42.0 Å². The number of benzene rings is 2.